The number of aryl methyl sites for hydroxylation is 1. The predicted molar refractivity (Wildman–Crippen MR) is 114 cm³/mol. The molecule has 0 saturated heterocycles. The van der Waals surface area contributed by atoms with E-state index in [1.54, 1.807) is 0 Å². The second-order valence-electron chi connectivity index (χ2n) is 6.24. The Morgan fingerprint density at radius 2 is 2.07 bits per heavy atom. The van der Waals surface area contributed by atoms with E-state index in [4.69, 9.17) is 9.47 Å². The van der Waals surface area contributed by atoms with Crippen molar-refractivity contribution < 1.29 is 9.47 Å². The Balaban J connectivity index is 1.81. The lowest BCUT2D eigenvalue weighted by Gasteiger charge is -2.20. The molecule has 1 aliphatic rings. The Hall–Kier alpha value is -2.32. The number of thioether (sulfide) groups is 1. The smallest absolute Gasteiger partial charge is 0.247 e. The standard InChI is InChI=1S/C20H19BrN4O2S/c1-4-26-16-8-5-12(9-11(16)2)18-22-15-7-6-13(21)10-14(15)17-19(27-18)23-20(28-3)25-24-17/h5-10,18,22H,4H2,1-3H3/t18-/m1/s1. The number of hydrogen-bond acceptors (Lipinski definition) is 7. The van der Waals surface area contributed by atoms with Crippen LogP contribution in [0.3, 0.4) is 0 Å². The van der Waals surface area contributed by atoms with E-state index in [2.05, 4.69) is 42.5 Å². The Morgan fingerprint density at radius 3 is 2.82 bits per heavy atom. The fourth-order valence-corrected chi connectivity index (χ4v) is 3.72. The van der Waals surface area contributed by atoms with Crippen LogP contribution in [-0.2, 0) is 0 Å². The summed E-state index contributed by atoms with van der Waals surface area (Å²) in [4.78, 5) is 4.55. The number of rotatable bonds is 4. The van der Waals surface area contributed by atoms with E-state index in [1.807, 2.05) is 50.4 Å². The Bertz CT molecular complexity index is 1030. The highest BCUT2D eigenvalue weighted by Crippen LogP contribution is 2.41. The highest BCUT2D eigenvalue weighted by Gasteiger charge is 2.26. The first-order chi connectivity index (χ1) is 13.6. The molecule has 144 valence electrons. The zero-order chi connectivity index (χ0) is 19.7. The molecule has 1 atom stereocenters. The van der Waals surface area contributed by atoms with Crippen molar-refractivity contribution in [2.75, 3.05) is 18.2 Å². The first kappa shape index (κ1) is 19.0. The van der Waals surface area contributed by atoms with E-state index in [0.29, 0.717) is 23.3 Å². The van der Waals surface area contributed by atoms with Gasteiger partial charge in [0.1, 0.15) is 5.75 Å². The lowest BCUT2D eigenvalue weighted by atomic mass is 10.1. The highest BCUT2D eigenvalue weighted by atomic mass is 79.9. The van der Waals surface area contributed by atoms with Gasteiger partial charge in [0.15, 0.2) is 11.9 Å². The van der Waals surface area contributed by atoms with Crippen LogP contribution in [-0.4, -0.2) is 28.0 Å². The summed E-state index contributed by atoms with van der Waals surface area (Å²) in [5.74, 6) is 1.33. The minimum absolute atomic E-state index is 0.415. The zero-order valence-electron chi connectivity index (χ0n) is 15.7. The summed E-state index contributed by atoms with van der Waals surface area (Å²) in [5.41, 5.74) is 4.45. The Morgan fingerprint density at radius 1 is 1.21 bits per heavy atom. The minimum Gasteiger partial charge on any atom is -0.494 e. The van der Waals surface area contributed by atoms with Crippen LogP contribution in [0.4, 0.5) is 5.69 Å². The second kappa shape index (κ2) is 7.97. The molecule has 8 heteroatoms. The molecule has 0 unspecified atom stereocenters. The number of benzene rings is 2. The van der Waals surface area contributed by atoms with E-state index in [0.717, 1.165) is 32.6 Å². The van der Waals surface area contributed by atoms with Crippen LogP contribution >= 0.6 is 27.7 Å². The molecule has 0 saturated carbocycles. The number of anilines is 1. The third-order valence-electron chi connectivity index (χ3n) is 4.37. The molecular weight excluding hydrogens is 440 g/mol. The van der Waals surface area contributed by atoms with Crippen molar-refractivity contribution >= 4 is 33.4 Å². The van der Waals surface area contributed by atoms with Crippen LogP contribution in [0, 0.1) is 6.92 Å². The molecule has 2 aromatic carbocycles. The van der Waals surface area contributed by atoms with Gasteiger partial charge in [-0.2, -0.15) is 4.98 Å². The van der Waals surface area contributed by atoms with E-state index in [-0.39, 0.29) is 0 Å². The molecule has 0 aliphatic carbocycles. The number of hydrogen-bond donors (Lipinski definition) is 1. The number of nitrogens with zero attached hydrogens (tertiary/aromatic N) is 3. The van der Waals surface area contributed by atoms with Gasteiger partial charge in [-0.25, -0.2) is 0 Å². The number of aromatic nitrogens is 3. The van der Waals surface area contributed by atoms with Crippen molar-refractivity contribution in [1.82, 2.24) is 15.2 Å². The van der Waals surface area contributed by atoms with Crippen molar-refractivity contribution in [3.63, 3.8) is 0 Å². The summed E-state index contributed by atoms with van der Waals surface area (Å²) in [5, 5.41) is 12.6. The summed E-state index contributed by atoms with van der Waals surface area (Å²) < 4.78 is 12.9. The van der Waals surface area contributed by atoms with Gasteiger partial charge in [-0.3, -0.25) is 0 Å². The maximum atomic E-state index is 6.27. The van der Waals surface area contributed by atoms with E-state index >= 15 is 0 Å². The van der Waals surface area contributed by atoms with Crippen LogP contribution < -0.4 is 14.8 Å². The molecule has 1 N–H and O–H groups in total. The van der Waals surface area contributed by atoms with Crippen LogP contribution in [0.5, 0.6) is 11.6 Å². The third-order valence-corrected chi connectivity index (χ3v) is 5.40. The number of ether oxygens (including phenoxy) is 2. The maximum Gasteiger partial charge on any atom is 0.247 e. The van der Waals surface area contributed by atoms with Gasteiger partial charge in [0.05, 0.1) is 6.61 Å². The average molecular weight is 459 g/mol. The molecule has 2 heterocycles. The molecule has 3 aromatic rings. The number of fused-ring (bicyclic) bond motifs is 3. The van der Waals surface area contributed by atoms with Crippen LogP contribution in [0.25, 0.3) is 11.3 Å². The normalized spacial score (nSPS) is 14.9. The first-order valence-corrected chi connectivity index (χ1v) is 10.9. The SMILES string of the molecule is CCOc1ccc([C@@H]2Nc3ccc(Br)cc3-c3nnc(SC)nc3O2)cc1C. The van der Waals surface area contributed by atoms with Crippen molar-refractivity contribution in [1.29, 1.82) is 0 Å². The monoisotopic (exact) mass is 458 g/mol. The van der Waals surface area contributed by atoms with Crippen molar-refractivity contribution in [2.24, 2.45) is 0 Å². The fourth-order valence-electron chi connectivity index (χ4n) is 3.06. The molecule has 4 rings (SSSR count). The average Bonchev–Trinajstić information content (AvgIpc) is 2.85. The summed E-state index contributed by atoms with van der Waals surface area (Å²) in [7, 11) is 0. The molecule has 0 fully saturated rings. The first-order valence-electron chi connectivity index (χ1n) is 8.84. The van der Waals surface area contributed by atoms with Gasteiger partial charge in [0, 0.05) is 21.3 Å². The molecule has 28 heavy (non-hydrogen) atoms. The maximum absolute atomic E-state index is 6.27. The Kier molecular flexibility index (Phi) is 5.41. The molecule has 0 bridgehead atoms. The molecular formula is C20H19BrN4O2S. The summed E-state index contributed by atoms with van der Waals surface area (Å²) in [6.45, 7) is 4.64. The van der Waals surface area contributed by atoms with Crippen molar-refractivity contribution in [3.8, 4) is 22.9 Å². The Labute approximate surface area is 176 Å². The lowest BCUT2D eigenvalue weighted by Crippen LogP contribution is -2.17. The van der Waals surface area contributed by atoms with Crippen molar-refractivity contribution in [2.45, 2.75) is 25.2 Å². The second-order valence-corrected chi connectivity index (χ2v) is 7.93. The quantitative estimate of drug-likeness (QED) is 0.536. The summed E-state index contributed by atoms with van der Waals surface area (Å²) >= 11 is 4.96. The third kappa shape index (κ3) is 3.66. The minimum atomic E-state index is -0.415. The zero-order valence-corrected chi connectivity index (χ0v) is 18.1. The molecule has 1 aromatic heterocycles. The molecule has 0 radical (unpaired) electrons. The van der Waals surface area contributed by atoms with Crippen LogP contribution in [0.2, 0.25) is 0 Å². The predicted octanol–water partition coefficient (Wildman–Crippen LogP) is 5.23. The highest BCUT2D eigenvalue weighted by molar-refractivity contribution is 9.10. The van der Waals surface area contributed by atoms with Gasteiger partial charge in [0.2, 0.25) is 11.0 Å². The summed E-state index contributed by atoms with van der Waals surface area (Å²) in [6, 6.07) is 12.0. The van der Waals surface area contributed by atoms with Gasteiger partial charge in [-0.1, -0.05) is 27.7 Å². The van der Waals surface area contributed by atoms with Gasteiger partial charge >= 0.3 is 0 Å². The van der Waals surface area contributed by atoms with E-state index < -0.39 is 6.23 Å². The largest absolute Gasteiger partial charge is 0.494 e. The fraction of sp³-hybridized carbons (Fsp3) is 0.250. The van der Waals surface area contributed by atoms with Gasteiger partial charge in [0.25, 0.3) is 0 Å². The van der Waals surface area contributed by atoms with Gasteiger partial charge < -0.3 is 14.8 Å². The molecule has 6 nitrogen and oxygen atoms in total. The van der Waals surface area contributed by atoms with Crippen molar-refractivity contribution in [3.05, 3.63) is 52.0 Å². The topological polar surface area (TPSA) is 69.2 Å². The number of nitrogens with one attached hydrogen (secondary N) is 1. The molecule has 1 aliphatic heterocycles. The van der Waals surface area contributed by atoms with Crippen LogP contribution in [0.1, 0.15) is 24.3 Å². The van der Waals surface area contributed by atoms with E-state index in [1.165, 1.54) is 11.8 Å². The molecule has 0 amide bonds. The number of halogens is 1. The lowest BCUT2D eigenvalue weighted by molar-refractivity contribution is 0.225. The van der Waals surface area contributed by atoms with E-state index in [9.17, 15) is 0 Å². The summed E-state index contributed by atoms with van der Waals surface area (Å²) in [6.07, 6.45) is 1.50. The molecule has 0 spiro atoms. The van der Waals surface area contributed by atoms with Crippen LogP contribution in [0.15, 0.2) is 46.0 Å². The van der Waals surface area contributed by atoms with Gasteiger partial charge in [-0.15, -0.1) is 10.2 Å². The van der Waals surface area contributed by atoms with Gasteiger partial charge in [-0.05, 0) is 62.1 Å².